The second-order valence-corrected chi connectivity index (χ2v) is 5.23. The van der Waals surface area contributed by atoms with Gasteiger partial charge in [0, 0.05) is 22.9 Å². The largest absolute Gasteiger partial charge is 0.278 e. The number of likely N-dealkylation sites (tertiary alicyclic amines) is 1. The van der Waals surface area contributed by atoms with Crippen LogP contribution < -0.4 is 0 Å². The highest BCUT2D eigenvalue weighted by molar-refractivity contribution is 9.10. The molecule has 0 saturated carbocycles. The van der Waals surface area contributed by atoms with E-state index in [4.69, 9.17) is 0 Å². The number of hydrogen-bond donors (Lipinski definition) is 0. The minimum Gasteiger partial charge on any atom is -0.278 e. The summed E-state index contributed by atoms with van der Waals surface area (Å²) in [5.41, 5.74) is 0.355. The maximum atomic E-state index is 13.6. The second-order valence-electron chi connectivity index (χ2n) is 4.32. The molecule has 0 spiro atoms. The average molecular weight is 314 g/mol. The van der Waals surface area contributed by atoms with E-state index >= 15 is 0 Å². The monoisotopic (exact) mass is 313 g/mol. The smallest absolute Gasteiger partial charge is 0.229 e. The Kier molecular flexibility index (Phi) is 4.11. The zero-order chi connectivity index (χ0) is 13.1. The highest BCUT2D eigenvalue weighted by atomic mass is 79.9. The molecule has 2 amide bonds. The molecule has 18 heavy (non-hydrogen) atoms. The third-order valence-corrected chi connectivity index (χ3v) is 3.46. The standard InChI is InChI=1S/C13H13BrFNO2/c14-10-5-6-11(15)9(7-10)8-16-12(17)3-1-2-4-13(16)18/h5-7H,1-4,8H2. The lowest BCUT2D eigenvalue weighted by Gasteiger charge is -2.19. The van der Waals surface area contributed by atoms with Crippen LogP contribution in [0.5, 0.6) is 0 Å². The number of imide groups is 1. The van der Waals surface area contributed by atoms with Gasteiger partial charge in [-0.1, -0.05) is 15.9 Å². The second kappa shape index (κ2) is 5.61. The van der Waals surface area contributed by atoms with Gasteiger partial charge in [-0.2, -0.15) is 0 Å². The summed E-state index contributed by atoms with van der Waals surface area (Å²) in [6.07, 6.45) is 2.17. The molecule has 1 aliphatic rings. The molecule has 0 radical (unpaired) electrons. The lowest BCUT2D eigenvalue weighted by Crippen LogP contribution is -2.34. The van der Waals surface area contributed by atoms with Gasteiger partial charge in [-0.3, -0.25) is 14.5 Å². The Morgan fingerprint density at radius 1 is 1.17 bits per heavy atom. The van der Waals surface area contributed by atoms with Crippen molar-refractivity contribution in [2.24, 2.45) is 0 Å². The lowest BCUT2D eigenvalue weighted by atomic mass is 10.2. The summed E-state index contributed by atoms with van der Waals surface area (Å²) in [5, 5.41) is 0. The Morgan fingerprint density at radius 2 is 1.78 bits per heavy atom. The molecule has 0 bridgehead atoms. The van der Waals surface area contributed by atoms with E-state index in [-0.39, 0.29) is 18.4 Å². The van der Waals surface area contributed by atoms with Gasteiger partial charge in [-0.05, 0) is 31.0 Å². The van der Waals surface area contributed by atoms with Gasteiger partial charge in [0.2, 0.25) is 11.8 Å². The van der Waals surface area contributed by atoms with E-state index in [1.165, 1.54) is 6.07 Å². The highest BCUT2D eigenvalue weighted by Crippen LogP contribution is 2.20. The molecule has 3 nitrogen and oxygen atoms in total. The van der Waals surface area contributed by atoms with Crippen LogP contribution in [0.2, 0.25) is 0 Å². The first kappa shape index (κ1) is 13.2. The molecular weight excluding hydrogens is 301 g/mol. The van der Waals surface area contributed by atoms with Crippen LogP contribution in [0.1, 0.15) is 31.2 Å². The first-order valence-corrected chi connectivity index (χ1v) is 6.64. The van der Waals surface area contributed by atoms with E-state index in [0.29, 0.717) is 18.4 Å². The Bertz CT molecular complexity index is 472. The molecule has 0 aliphatic carbocycles. The number of carbonyl (C=O) groups excluding carboxylic acids is 2. The highest BCUT2D eigenvalue weighted by Gasteiger charge is 2.24. The fraction of sp³-hybridized carbons (Fsp3) is 0.385. The summed E-state index contributed by atoms with van der Waals surface area (Å²) >= 11 is 3.25. The van der Waals surface area contributed by atoms with Crippen molar-refractivity contribution in [3.63, 3.8) is 0 Å². The van der Waals surface area contributed by atoms with Crippen molar-refractivity contribution in [2.45, 2.75) is 32.2 Å². The molecule has 1 aromatic rings. The summed E-state index contributed by atoms with van der Waals surface area (Å²) in [7, 11) is 0. The molecule has 1 heterocycles. The fourth-order valence-electron chi connectivity index (χ4n) is 1.97. The molecule has 1 aromatic carbocycles. The zero-order valence-electron chi connectivity index (χ0n) is 9.79. The number of nitrogens with zero attached hydrogens (tertiary/aromatic N) is 1. The number of carbonyl (C=O) groups is 2. The number of benzene rings is 1. The van der Waals surface area contributed by atoms with Crippen LogP contribution in [0, 0.1) is 5.82 Å². The summed E-state index contributed by atoms with van der Waals surface area (Å²) < 4.78 is 14.3. The predicted molar refractivity (Wildman–Crippen MR) is 68.1 cm³/mol. The normalized spacial score (nSPS) is 16.9. The molecule has 1 fully saturated rings. The average Bonchev–Trinajstić information content (AvgIpc) is 2.48. The van der Waals surface area contributed by atoms with Crippen LogP contribution >= 0.6 is 15.9 Å². The van der Waals surface area contributed by atoms with Gasteiger partial charge < -0.3 is 0 Å². The molecule has 5 heteroatoms. The number of rotatable bonds is 2. The van der Waals surface area contributed by atoms with Crippen molar-refractivity contribution in [1.82, 2.24) is 4.90 Å². The number of hydrogen-bond acceptors (Lipinski definition) is 2. The molecule has 1 saturated heterocycles. The van der Waals surface area contributed by atoms with Crippen molar-refractivity contribution in [1.29, 1.82) is 0 Å². The molecular formula is C13H13BrFNO2. The van der Waals surface area contributed by atoms with E-state index in [1.54, 1.807) is 12.1 Å². The van der Waals surface area contributed by atoms with Gasteiger partial charge in [-0.25, -0.2) is 4.39 Å². The fourth-order valence-corrected chi connectivity index (χ4v) is 2.38. The minimum absolute atomic E-state index is 0.0168. The van der Waals surface area contributed by atoms with Crippen LogP contribution in [0.3, 0.4) is 0 Å². The maximum absolute atomic E-state index is 13.6. The van der Waals surface area contributed by atoms with Gasteiger partial charge >= 0.3 is 0 Å². The Hall–Kier alpha value is -1.23. The Balaban J connectivity index is 2.22. The Morgan fingerprint density at radius 3 is 2.39 bits per heavy atom. The molecule has 0 unspecified atom stereocenters. The number of halogens is 2. The van der Waals surface area contributed by atoms with Gasteiger partial charge in [0.1, 0.15) is 5.82 Å². The zero-order valence-corrected chi connectivity index (χ0v) is 11.4. The maximum Gasteiger partial charge on any atom is 0.229 e. The van der Waals surface area contributed by atoms with E-state index in [0.717, 1.165) is 22.2 Å². The summed E-state index contributed by atoms with van der Waals surface area (Å²) in [5.74, 6) is -0.822. The van der Waals surface area contributed by atoms with E-state index in [1.807, 2.05) is 0 Å². The van der Waals surface area contributed by atoms with Crippen molar-refractivity contribution in [3.8, 4) is 0 Å². The van der Waals surface area contributed by atoms with Crippen LogP contribution in [0.25, 0.3) is 0 Å². The minimum atomic E-state index is -0.400. The molecule has 96 valence electrons. The summed E-state index contributed by atoms with van der Waals surface area (Å²) in [6, 6.07) is 4.51. The molecule has 2 rings (SSSR count). The van der Waals surface area contributed by atoms with Crippen LogP contribution in [-0.2, 0) is 16.1 Å². The van der Waals surface area contributed by atoms with Gasteiger partial charge in [0.15, 0.2) is 0 Å². The number of amides is 2. The topological polar surface area (TPSA) is 37.4 Å². The summed E-state index contributed by atoms with van der Waals surface area (Å²) in [6.45, 7) is 0.0168. The molecule has 0 N–H and O–H groups in total. The van der Waals surface area contributed by atoms with Gasteiger partial charge in [0.25, 0.3) is 0 Å². The third-order valence-electron chi connectivity index (χ3n) is 2.97. The van der Waals surface area contributed by atoms with Crippen molar-refractivity contribution in [3.05, 3.63) is 34.1 Å². The quantitative estimate of drug-likeness (QED) is 0.787. The van der Waals surface area contributed by atoms with E-state index < -0.39 is 5.82 Å². The van der Waals surface area contributed by atoms with E-state index in [2.05, 4.69) is 15.9 Å². The first-order valence-electron chi connectivity index (χ1n) is 5.85. The lowest BCUT2D eigenvalue weighted by molar-refractivity contribution is -0.144. The van der Waals surface area contributed by atoms with Gasteiger partial charge in [0.05, 0.1) is 6.54 Å². The van der Waals surface area contributed by atoms with Crippen LogP contribution in [0.15, 0.2) is 22.7 Å². The Labute approximate surface area is 113 Å². The van der Waals surface area contributed by atoms with E-state index in [9.17, 15) is 14.0 Å². The van der Waals surface area contributed by atoms with Crippen molar-refractivity contribution >= 4 is 27.7 Å². The third kappa shape index (κ3) is 2.96. The van der Waals surface area contributed by atoms with Crippen LogP contribution in [-0.4, -0.2) is 16.7 Å². The SMILES string of the molecule is O=C1CCCCC(=O)N1Cc1cc(Br)ccc1F. The molecule has 0 atom stereocenters. The predicted octanol–water partition coefficient (Wildman–Crippen LogP) is 3.02. The van der Waals surface area contributed by atoms with Crippen molar-refractivity contribution < 1.29 is 14.0 Å². The molecule has 1 aliphatic heterocycles. The van der Waals surface area contributed by atoms with Crippen molar-refractivity contribution in [2.75, 3.05) is 0 Å². The van der Waals surface area contributed by atoms with Crippen LogP contribution in [0.4, 0.5) is 4.39 Å². The van der Waals surface area contributed by atoms with Gasteiger partial charge in [-0.15, -0.1) is 0 Å². The summed E-state index contributed by atoms with van der Waals surface area (Å²) in [4.78, 5) is 24.8. The first-order chi connectivity index (χ1) is 8.58. The molecule has 0 aromatic heterocycles.